The maximum Gasteiger partial charge on any atom is 0.131 e. The topological polar surface area (TPSA) is 116 Å². The minimum Gasteiger partial charge on any atom is -0.404 e. The molecule has 0 fully saturated rings. The van der Waals surface area contributed by atoms with Crippen molar-refractivity contribution in [3.05, 3.63) is 71.1 Å². The smallest absolute Gasteiger partial charge is 0.131 e. The van der Waals surface area contributed by atoms with Gasteiger partial charge in [-0.15, -0.1) is 0 Å². The molecule has 0 aromatic carbocycles. The van der Waals surface area contributed by atoms with Gasteiger partial charge in [-0.05, 0) is 42.3 Å². The lowest BCUT2D eigenvalue weighted by molar-refractivity contribution is 0.411. The predicted molar refractivity (Wildman–Crippen MR) is 122 cm³/mol. The number of dihydropyridines is 1. The van der Waals surface area contributed by atoms with Crippen LogP contribution in [0.15, 0.2) is 76.1 Å². The second kappa shape index (κ2) is 9.82. The van der Waals surface area contributed by atoms with Crippen LogP contribution in [-0.2, 0) is 0 Å². The first kappa shape index (κ1) is 22.1. The lowest BCUT2D eigenvalue weighted by Crippen LogP contribution is -2.35. The quantitative estimate of drug-likeness (QED) is 0.335. The predicted octanol–water partition coefficient (Wildman–Crippen LogP) is 2.46. The summed E-state index contributed by atoms with van der Waals surface area (Å²) < 4.78 is 0. The minimum atomic E-state index is 0.0521. The van der Waals surface area contributed by atoms with Gasteiger partial charge in [0.1, 0.15) is 11.7 Å². The summed E-state index contributed by atoms with van der Waals surface area (Å²) in [6.07, 6.45) is 14.0. The number of nitrogens with two attached hydrogens (primary N) is 2. The third-order valence-corrected chi connectivity index (χ3v) is 4.81. The Kier molecular flexibility index (Phi) is 7.47. The van der Waals surface area contributed by atoms with Crippen LogP contribution >= 0.6 is 0 Å². The van der Waals surface area contributed by atoms with Crippen LogP contribution in [0.2, 0.25) is 0 Å². The molecule has 0 saturated carbocycles. The van der Waals surface area contributed by atoms with Crippen molar-refractivity contribution < 1.29 is 0 Å². The highest BCUT2D eigenvalue weighted by Gasteiger charge is 2.25. The summed E-state index contributed by atoms with van der Waals surface area (Å²) >= 11 is 0. The Hall–Kier alpha value is -3.22. The van der Waals surface area contributed by atoms with E-state index >= 15 is 0 Å². The molecule has 156 valence electrons. The molecule has 2 aliphatic rings. The zero-order valence-electron chi connectivity index (χ0n) is 18.0. The zero-order valence-corrected chi connectivity index (χ0v) is 18.0. The van der Waals surface area contributed by atoms with Crippen LogP contribution in [0, 0.1) is 11.3 Å². The van der Waals surface area contributed by atoms with Gasteiger partial charge in [0.05, 0.1) is 11.7 Å². The third kappa shape index (κ3) is 5.40. The van der Waals surface area contributed by atoms with E-state index in [1.54, 1.807) is 6.20 Å². The number of nitrogens with zero attached hydrogens (tertiary/aromatic N) is 2. The number of hydrogen-bond donors (Lipinski definition) is 5. The minimum absolute atomic E-state index is 0.0521. The van der Waals surface area contributed by atoms with Gasteiger partial charge in [-0.25, -0.2) is 4.99 Å². The lowest BCUT2D eigenvalue weighted by atomic mass is 9.95. The number of hydrogen-bond acceptors (Lipinski definition) is 7. The molecule has 0 saturated heterocycles. The van der Waals surface area contributed by atoms with Crippen LogP contribution in [0.1, 0.15) is 27.2 Å². The number of fused-ring (bicyclic) bond motifs is 1. The fourth-order valence-corrected chi connectivity index (χ4v) is 3.15. The molecular weight excluding hydrogens is 362 g/mol. The Morgan fingerprint density at radius 1 is 1.41 bits per heavy atom. The van der Waals surface area contributed by atoms with Gasteiger partial charge >= 0.3 is 0 Å². The molecule has 7 N–H and O–H groups in total. The van der Waals surface area contributed by atoms with Gasteiger partial charge in [0.2, 0.25) is 0 Å². The second-order valence-corrected chi connectivity index (χ2v) is 7.34. The molecular formula is C22H33N7. The molecule has 0 radical (unpaired) electrons. The molecule has 0 aliphatic carbocycles. The van der Waals surface area contributed by atoms with Crippen molar-refractivity contribution in [2.75, 3.05) is 14.1 Å². The number of nitrogens with one attached hydrogen (secondary N) is 3. The Balaban J connectivity index is 2.31. The van der Waals surface area contributed by atoms with Crippen LogP contribution < -0.4 is 22.1 Å². The van der Waals surface area contributed by atoms with E-state index < -0.39 is 0 Å². The summed E-state index contributed by atoms with van der Waals surface area (Å²) in [5, 5.41) is 14.5. The van der Waals surface area contributed by atoms with Gasteiger partial charge in [-0.3, -0.25) is 0 Å². The highest BCUT2D eigenvalue weighted by atomic mass is 15.2. The van der Waals surface area contributed by atoms with E-state index in [0.29, 0.717) is 23.8 Å². The van der Waals surface area contributed by atoms with Crippen LogP contribution in [0.25, 0.3) is 0 Å². The summed E-state index contributed by atoms with van der Waals surface area (Å²) in [6.45, 7) is 6.10. The van der Waals surface area contributed by atoms with Crippen molar-refractivity contribution in [3.63, 3.8) is 0 Å². The van der Waals surface area contributed by atoms with Gasteiger partial charge in [0.15, 0.2) is 0 Å². The highest BCUT2D eigenvalue weighted by Crippen LogP contribution is 2.28. The number of rotatable bonds is 7. The maximum absolute atomic E-state index is 8.28. The number of aliphatic imine (C=N–C) groups is 1. The Morgan fingerprint density at radius 3 is 2.72 bits per heavy atom. The van der Waals surface area contributed by atoms with E-state index in [1.165, 1.54) is 0 Å². The van der Waals surface area contributed by atoms with Gasteiger partial charge in [-0.2, -0.15) is 0 Å². The summed E-state index contributed by atoms with van der Waals surface area (Å²) in [5.74, 6) is 1.43. The van der Waals surface area contributed by atoms with Crippen LogP contribution in [-0.4, -0.2) is 36.6 Å². The number of amidine groups is 1. The van der Waals surface area contributed by atoms with E-state index in [-0.39, 0.29) is 12.0 Å². The lowest BCUT2D eigenvalue weighted by Gasteiger charge is -2.32. The average molecular weight is 396 g/mol. The first-order valence-corrected chi connectivity index (χ1v) is 9.84. The van der Waals surface area contributed by atoms with Crippen molar-refractivity contribution in [2.45, 2.75) is 33.2 Å². The zero-order chi connectivity index (χ0) is 21.6. The van der Waals surface area contributed by atoms with Gasteiger partial charge < -0.3 is 32.4 Å². The first-order chi connectivity index (χ1) is 13.8. The first-order valence-electron chi connectivity index (χ1n) is 9.84. The molecule has 0 aromatic rings. The molecule has 0 spiro atoms. The van der Waals surface area contributed by atoms with E-state index in [0.717, 1.165) is 22.4 Å². The summed E-state index contributed by atoms with van der Waals surface area (Å²) in [7, 11) is 3.85. The molecule has 7 nitrogen and oxygen atoms in total. The second-order valence-electron chi connectivity index (χ2n) is 7.34. The maximum atomic E-state index is 8.28. The molecule has 29 heavy (non-hydrogen) atoms. The average Bonchev–Trinajstić information content (AvgIpc) is 2.69. The van der Waals surface area contributed by atoms with E-state index in [1.807, 2.05) is 45.4 Å². The summed E-state index contributed by atoms with van der Waals surface area (Å²) in [5.41, 5.74) is 16.1. The monoisotopic (exact) mass is 395 g/mol. The largest absolute Gasteiger partial charge is 0.404 e. The van der Waals surface area contributed by atoms with Crippen molar-refractivity contribution >= 4 is 11.5 Å². The molecule has 0 bridgehead atoms. The summed E-state index contributed by atoms with van der Waals surface area (Å²) in [4.78, 5) is 6.86. The van der Waals surface area contributed by atoms with E-state index in [2.05, 4.69) is 41.7 Å². The van der Waals surface area contributed by atoms with Crippen LogP contribution in [0.5, 0.6) is 0 Å². The molecule has 1 unspecified atom stereocenters. The van der Waals surface area contributed by atoms with Gasteiger partial charge in [0, 0.05) is 43.4 Å². The van der Waals surface area contributed by atoms with Crippen LogP contribution in [0.4, 0.5) is 0 Å². The van der Waals surface area contributed by atoms with Crippen LogP contribution in [0.3, 0.4) is 0 Å². The Bertz CT molecular complexity index is 850. The SMILES string of the molecule is CCC(=N)/C(=C\NC)C1=CN(C)C2C=CC(N/C(N)=C/C(=C\N)C(C)C)=NC2=C1. The molecule has 7 heteroatoms. The molecule has 1 atom stereocenters. The molecule has 2 aliphatic heterocycles. The fraction of sp³-hybridized carbons (Fsp3) is 0.364. The Labute approximate surface area is 173 Å². The van der Waals surface area contributed by atoms with Crippen molar-refractivity contribution in [1.29, 1.82) is 5.41 Å². The number of likely N-dealkylation sites (N-methyl/N-ethyl adjacent to an activating group) is 1. The van der Waals surface area contributed by atoms with Gasteiger partial charge in [-0.1, -0.05) is 26.8 Å². The van der Waals surface area contributed by atoms with Gasteiger partial charge in [0.25, 0.3) is 0 Å². The fourth-order valence-electron chi connectivity index (χ4n) is 3.15. The van der Waals surface area contributed by atoms with Crippen molar-refractivity contribution in [2.24, 2.45) is 22.4 Å². The third-order valence-electron chi connectivity index (χ3n) is 4.81. The van der Waals surface area contributed by atoms with Crippen molar-refractivity contribution in [1.82, 2.24) is 15.5 Å². The Morgan fingerprint density at radius 2 is 2.14 bits per heavy atom. The normalized spacial score (nSPS) is 20.1. The van der Waals surface area contributed by atoms with Crippen molar-refractivity contribution in [3.8, 4) is 0 Å². The highest BCUT2D eigenvalue weighted by molar-refractivity contribution is 6.02. The van der Waals surface area contributed by atoms with E-state index in [9.17, 15) is 0 Å². The molecule has 0 amide bonds. The summed E-state index contributed by atoms with van der Waals surface area (Å²) in [6, 6.07) is 0.0521. The standard InChI is InChI=1S/C22H33N7/c1-6-18(24)17(12-26-4)16-9-19-20(29(5)13-16)7-8-22(27-19)28-21(25)10-15(11-23)14(2)3/h7-14,20,24,26H,6,23,25H2,1-5H3,(H,27,28)/b15-11+,17-12-,21-10+,24-18?. The molecule has 0 aromatic heterocycles. The molecule has 2 heterocycles. The number of allylic oxidation sites excluding steroid dienone is 5. The molecule has 2 rings (SSSR count). The van der Waals surface area contributed by atoms with E-state index in [4.69, 9.17) is 21.9 Å².